The van der Waals surface area contributed by atoms with Gasteiger partial charge in [0.25, 0.3) is 0 Å². The monoisotopic (exact) mass is 226 g/mol. The van der Waals surface area contributed by atoms with Crippen molar-refractivity contribution in [3.63, 3.8) is 0 Å². The molecule has 0 fully saturated rings. The first-order chi connectivity index (χ1) is 7.84. The highest BCUT2D eigenvalue weighted by molar-refractivity contribution is 6.30. The molecule has 0 bridgehead atoms. The summed E-state index contributed by atoms with van der Waals surface area (Å²) in [6.07, 6.45) is 3.32. The number of hydrogen-bond donors (Lipinski definition) is 0. The van der Waals surface area contributed by atoms with E-state index in [9.17, 15) is 0 Å². The average Bonchev–Trinajstić information content (AvgIpc) is 2.74. The summed E-state index contributed by atoms with van der Waals surface area (Å²) < 4.78 is 0. The third-order valence-corrected chi connectivity index (χ3v) is 3.24. The molecule has 2 aromatic rings. The Labute approximate surface area is 100 Å². The molecule has 1 heteroatoms. The van der Waals surface area contributed by atoms with Gasteiger partial charge in [-0.05, 0) is 40.8 Å². The van der Waals surface area contributed by atoms with Crippen molar-refractivity contribution in [1.29, 1.82) is 0 Å². The first-order valence-corrected chi connectivity index (χ1v) is 5.77. The second-order valence-corrected chi connectivity index (χ2v) is 4.42. The zero-order valence-electron chi connectivity index (χ0n) is 8.78. The molecule has 3 rings (SSSR count). The fraction of sp³-hybridized carbons (Fsp3) is 0.0667. The summed E-state index contributed by atoms with van der Waals surface area (Å²) >= 11 is 5.90. The zero-order chi connectivity index (χ0) is 11.0. The van der Waals surface area contributed by atoms with Gasteiger partial charge in [0.2, 0.25) is 0 Å². The van der Waals surface area contributed by atoms with Gasteiger partial charge >= 0.3 is 0 Å². The van der Waals surface area contributed by atoms with Crippen molar-refractivity contribution in [2.24, 2.45) is 0 Å². The van der Waals surface area contributed by atoms with Crippen molar-refractivity contribution in [2.45, 2.75) is 6.42 Å². The maximum atomic E-state index is 5.90. The minimum absolute atomic E-state index is 0.788. The van der Waals surface area contributed by atoms with Gasteiger partial charge in [-0.3, -0.25) is 0 Å². The third kappa shape index (κ3) is 1.56. The maximum Gasteiger partial charge on any atom is 0.0406 e. The van der Waals surface area contributed by atoms with Crippen LogP contribution in [0.3, 0.4) is 0 Å². The Morgan fingerprint density at radius 3 is 2.44 bits per heavy atom. The van der Waals surface area contributed by atoms with Crippen molar-refractivity contribution >= 4 is 17.2 Å². The number of benzene rings is 2. The minimum atomic E-state index is 0.788. The van der Waals surface area contributed by atoms with Gasteiger partial charge in [-0.15, -0.1) is 0 Å². The Kier molecular flexibility index (Phi) is 2.30. The lowest BCUT2D eigenvalue weighted by molar-refractivity contribution is 1.31. The van der Waals surface area contributed by atoms with E-state index in [2.05, 4.69) is 42.5 Å². The Hall–Kier alpha value is -1.53. The smallest absolute Gasteiger partial charge is 0.0406 e. The molecule has 0 radical (unpaired) electrons. The largest absolute Gasteiger partial charge is 0.0843 e. The lowest BCUT2D eigenvalue weighted by Gasteiger charge is -2.05. The first-order valence-electron chi connectivity index (χ1n) is 5.39. The van der Waals surface area contributed by atoms with Gasteiger partial charge in [-0.2, -0.15) is 0 Å². The molecule has 0 unspecified atom stereocenters. The van der Waals surface area contributed by atoms with E-state index in [1.807, 2.05) is 12.1 Å². The van der Waals surface area contributed by atoms with Crippen LogP contribution in [0.4, 0.5) is 0 Å². The summed E-state index contributed by atoms with van der Waals surface area (Å²) in [6, 6.07) is 16.6. The summed E-state index contributed by atoms with van der Waals surface area (Å²) in [5.41, 5.74) is 5.33. The molecule has 0 nitrogen and oxygen atoms in total. The minimum Gasteiger partial charge on any atom is -0.0843 e. The highest BCUT2D eigenvalue weighted by atomic mass is 35.5. The third-order valence-electron chi connectivity index (χ3n) is 2.99. The van der Waals surface area contributed by atoms with Crippen molar-refractivity contribution in [3.05, 3.63) is 76.3 Å². The van der Waals surface area contributed by atoms with E-state index in [0.717, 1.165) is 11.4 Å². The molecular formula is C15H11Cl. The molecule has 0 saturated heterocycles. The molecule has 0 saturated carbocycles. The molecule has 0 N–H and O–H groups in total. The predicted octanol–water partition coefficient (Wildman–Crippen LogP) is 4.33. The van der Waals surface area contributed by atoms with E-state index in [-0.39, 0.29) is 0 Å². The van der Waals surface area contributed by atoms with Crippen LogP contribution < -0.4 is 0 Å². The normalized spacial score (nSPS) is 13.4. The second kappa shape index (κ2) is 3.80. The van der Waals surface area contributed by atoms with Crippen LogP contribution in [0.1, 0.15) is 16.7 Å². The maximum absolute atomic E-state index is 5.90. The molecule has 1 aliphatic carbocycles. The number of hydrogen-bond acceptors (Lipinski definition) is 0. The molecule has 1 aliphatic rings. The summed E-state index contributed by atoms with van der Waals surface area (Å²) in [6.45, 7) is 0. The SMILES string of the molecule is Clc1ccc(C2=CCc3ccccc32)cc1. The quantitative estimate of drug-likeness (QED) is 0.679. The lowest BCUT2D eigenvalue weighted by Crippen LogP contribution is -1.85. The molecule has 2 aromatic carbocycles. The zero-order valence-corrected chi connectivity index (χ0v) is 9.54. The number of halogens is 1. The van der Waals surface area contributed by atoms with Crippen LogP contribution in [-0.2, 0) is 6.42 Å². The van der Waals surface area contributed by atoms with Gasteiger partial charge in [0.05, 0.1) is 0 Å². The van der Waals surface area contributed by atoms with Crippen LogP contribution in [0, 0.1) is 0 Å². The number of rotatable bonds is 1. The van der Waals surface area contributed by atoms with Crippen LogP contribution in [-0.4, -0.2) is 0 Å². The van der Waals surface area contributed by atoms with Gasteiger partial charge in [0.1, 0.15) is 0 Å². The molecule has 0 aromatic heterocycles. The molecule has 16 heavy (non-hydrogen) atoms. The van der Waals surface area contributed by atoms with Gasteiger partial charge in [-0.25, -0.2) is 0 Å². The Morgan fingerprint density at radius 1 is 0.875 bits per heavy atom. The van der Waals surface area contributed by atoms with Crippen LogP contribution in [0.2, 0.25) is 5.02 Å². The van der Waals surface area contributed by atoms with E-state index < -0.39 is 0 Å². The molecule has 0 heterocycles. The van der Waals surface area contributed by atoms with E-state index >= 15 is 0 Å². The average molecular weight is 227 g/mol. The molecular weight excluding hydrogens is 216 g/mol. The van der Waals surface area contributed by atoms with Crippen molar-refractivity contribution in [1.82, 2.24) is 0 Å². The van der Waals surface area contributed by atoms with E-state index in [1.165, 1.54) is 22.3 Å². The standard InChI is InChI=1S/C15H11Cl/c16-13-8-5-12(6-9-13)15-10-7-11-3-1-2-4-14(11)15/h1-6,8-10H,7H2. The summed E-state index contributed by atoms with van der Waals surface area (Å²) in [5.74, 6) is 0. The molecule has 0 amide bonds. The molecule has 0 atom stereocenters. The van der Waals surface area contributed by atoms with E-state index in [4.69, 9.17) is 11.6 Å². The van der Waals surface area contributed by atoms with E-state index in [1.54, 1.807) is 0 Å². The van der Waals surface area contributed by atoms with Gasteiger partial charge in [-0.1, -0.05) is 54.1 Å². The van der Waals surface area contributed by atoms with E-state index in [0.29, 0.717) is 0 Å². The number of fused-ring (bicyclic) bond motifs is 1. The van der Waals surface area contributed by atoms with Crippen LogP contribution in [0.5, 0.6) is 0 Å². The lowest BCUT2D eigenvalue weighted by atomic mass is 9.99. The van der Waals surface area contributed by atoms with Crippen LogP contribution in [0.15, 0.2) is 54.6 Å². The Morgan fingerprint density at radius 2 is 1.62 bits per heavy atom. The fourth-order valence-corrected chi connectivity index (χ4v) is 2.31. The molecule has 0 spiro atoms. The number of allylic oxidation sites excluding steroid dienone is 1. The molecule has 78 valence electrons. The van der Waals surface area contributed by atoms with Crippen LogP contribution >= 0.6 is 11.6 Å². The summed E-state index contributed by atoms with van der Waals surface area (Å²) in [5, 5.41) is 0.788. The topological polar surface area (TPSA) is 0 Å². The summed E-state index contributed by atoms with van der Waals surface area (Å²) in [7, 11) is 0. The van der Waals surface area contributed by atoms with Crippen molar-refractivity contribution in [2.75, 3.05) is 0 Å². The second-order valence-electron chi connectivity index (χ2n) is 3.99. The summed E-state index contributed by atoms with van der Waals surface area (Å²) in [4.78, 5) is 0. The van der Waals surface area contributed by atoms with Crippen molar-refractivity contribution < 1.29 is 0 Å². The predicted molar refractivity (Wildman–Crippen MR) is 68.7 cm³/mol. The van der Waals surface area contributed by atoms with Gasteiger partial charge in [0.15, 0.2) is 0 Å². The molecule has 0 aliphatic heterocycles. The van der Waals surface area contributed by atoms with Crippen molar-refractivity contribution in [3.8, 4) is 0 Å². The van der Waals surface area contributed by atoms with Gasteiger partial charge < -0.3 is 0 Å². The highest BCUT2D eigenvalue weighted by Crippen LogP contribution is 2.32. The first kappa shape index (κ1) is 9.68. The Balaban J connectivity index is 2.07. The van der Waals surface area contributed by atoms with Crippen LogP contribution in [0.25, 0.3) is 5.57 Å². The highest BCUT2D eigenvalue weighted by Gasteiger charge is 2.14. The Bertz CT molecular complexity index is 550. The van der Waals surface area contributed by atoms with Gasteiger partial charge in [0, 0.05) is 5.02 Å². The fourth-order valence-electron chi connectivity index (χ4n) is 2.19.